The maximum Gasteiger partial charge on any atom is 0.345 e. The zero-order valence-corrected chi connectivity index (χ0v) is 19.3. The van der Waals surface area contributed by atoms with Crippen molar-refractivity contribution in [3.05, 3.63) is 97.3 Å². The molecule has 1 aromatic heterocycles. The molecule has 0 bridgehead atoms. The summed E-state index contributed by atoms with van der Waals surface area (Å²) in [6.07, 6.45) is 1.80. The van der Waals surface area contributed by atoms with Crippen molar-refractivity contribution < 1.29 is 26.5 Å². The number of nitrogens with zero attached hydrogens (tertiary/aromatic N) is 4. The Morgan fingerprint density at radius 2 is 1.29 bits per heavy atom. The van der Waals surface area contributed by atoms with E-state index in [9.17, 15) is 4.79 Å². The number of hydrogen-bond acceptors (Lipinski definition) is 5. The van der Waals surface area contributed by atoms with E-state index in [0.29, 0.717) is 12.7 Å². The number of hydrogen-bond donors (Lipinski definition) is 0. The van der Waals surface area contributed by atoms with Crippen LogP contribution in [0.15, 0.2) is 97.3 Å². The lowest BCUT2D eigenvalue weighted by atomic mass is 10.4. The third-order valence-electron chi connectivity index (χ3n) is 4.93. The molecule has 0 aliphatic heterocycles. The number of benzene rings is 3. The molecule has 0 aliphatic carbocycles. The Bertz CT molecular complexity index is 968. The van der Waals surface area contributed by atoms with E-state index < -0.39 is 7.26 Å². The van der Waals surface area contributed by atoms with Crippen molar-refractivity contribution in [1.29, 1.82) is 0 Å². The zero-order chi connectivity index (χ0) is 20.7. The molecule has 3 aromatic carbocycles. The molecular weight excluding hydrogens is 475 g/mol. The predicted molar refractivity (Wildman–Crippen MR) is 119 cm³/mol. The number of ether oxygens (including phenoxy) is 1. The average molecular weight is 497 g/mol. The SMILES string of the molecule is O=C(C[P+](c1ccccc1)(c1ccccc1)c1ccccc1)OCCn1cnnn1.[Br-]. The van der Waals surface area contributed by atoms with Gasteiger partial charge in [0, 0.05) is 0 Å². The first-order valence-corrected chi connectivity index (χ1v) is 11.7. The number of aromatic nitrogens is 4. The van der Waals surface area contributed by atoms with Crippen LogP contribution in [0.4, 0.5) is 0 Å². The van der Waals surface area contributed by atoms with Gasteiger partial charge in [0.05, 0.1) is 6.54 Å². The third-order valence-corrected chi connectivity index (χ3v) is 9.20. The molecule has 158 valence electrons. The number of rotatable bonds is 8. The van der Waals surface area contributed by atoms with E-state index in [1.54, 1.807) is 4.68 Å². The largest absolute Gasteiger partial charge is 1.00 e. The highest BCUT2D eigenvalue weighted by molar-refractivity contribution is 7.96. The second-order valence-corrected chi connectivity index (χ2v) is 10.3. The summed E-state index contributed by atoms with van der Waals surface area (Å²) in [6, 6.07) is 30.8. The van der Waals surface area contributed by atoms with Gasteiger partial charge in [-0.25, -0.2) is 9.48 Å². The van der Waals surface area contributed by atoms with Crippen LogP contribution in [0.25, 0.3) is 0 Å². The molecule has 8 heteroatoms. The highest BCUT2D eigenvalue weighted by atomic mass is 79.9. The molecule has 4 rings (SSSR count). The van der Waals surface area contributed by atoms with E-state index in [2.05, 4.69) is 51.9 Å². The summed E-state index contributed by atoms with van der Waals surface area (Å²) < 4.78 is 7.15. The summed E-state index contributed by atoms with van der Waals surface area (Å²) in [4.78, 5) is 13.1. The van der Waals surface area contributed by atoms with Crippen LogP contribution in [0.1, 0.15) is 0 Å². The molecule has 0 aliphatic rings. The summed E-state index contributed by atoms with van der Waals surface area (Å²) in [5, 5.41) is 14.5. The normalized spacial score (nSPS) is 10.8. The van der Waals surface area contributed by atoms with E-state index in [4.69, 9.17) is 4.74 Å². The highest BCUT2D eigenvalue weighted by Gasteiger charge is 2.47. The monoisotopic (exact) mass is 496 g/mol. The van der Waals surface area contributed by atoms with Crippen LogP contribution >= 0.6 is 7.26 Å². The molecule has 31 heavy (non-hydrogen) atoms. The fraction of sp³-hybridized carbons (Fsp3) is 0.130. The van der Waals surface area contributed by atoms with Gasteiger partial charge in [-0.1, -0.05) is 54.6 Å². The van der Waals surface area contributed by atoms with Crippen LogP contribution in [0, 0.1) is 0 Å². The first kappa shape index (κ1) is 22.8. The summed E-state index contributed by atoms with van der Waals surface area (Å²) in [6.45, 7) is 0.647. The van der Waals surface area contributed by atoms with Gasteiger partial charge in [0.25, 0.3) is 0 Å². The van der Waals surface area contributed by atoms with E-state index in [1.807, 2.05) is 54.6 Å². The van der Waals surface area contributed by atoms with Gasteiger partial charge in [-0.2, -0.15) is 0 Å². The molecule has 0 N–H and O–H groups in total. The Kier molecular flexibility index (Phi) is 8.04. The standard InChI is InChI=1S/C23H22N4O2P.BrH/c28-23(29-17-16-27-19-24-25-26-27)18-30(20-10-4-1-5-11-20,21-12-6-2-7-13-21)22-14-8-3-9-15-22;/h1-15,19H,16-18H2;1H/q+1;/p-1. The second kappa shape index (κ2) is 10.9. The van der Waals surface area contributed by atoms with Crippen LogP contribution in [0.5, 0.6) is 0 Å². The van der Waals surface area contributed by atoms with Gasteiger partial charge in [0.15, 0.2) is 6.16 Å². The molecule has 0 atom stereocenters. The Hall–Kier alpha value is -2.89. The number of halogens is 1. The Labute approximate surface area is 192 Å². The molecule has 0 unspecified atom stereocenters. The summed E-state index contributed by atoms with van der Waals surface area (Å²) in [7, 11) is -2.23. The summed E-state index contributed by atoms with van der Waals surface area (Å²) in [5.74, 6) is -0.229. The minimum atomic E-state index is -2.23. The minimum absolute atomic E-state index is 0. The maximum absolute atomic E-state index is 13.1. The number of carbonyl (C=O) groups excluding carboxylic acids is 1. The molecule has 0 fully saturated rings. The van der Waals surface area contributed by atoms with Gasteiger partial charge in [-0.15, -0.1) is 5.10 Å². The smallest absolute Gasteiger partial charge is 0.345 e. The van der Waals surface area contributed by atoms with Gasteiger partial charge in [-0.05, 0) is 46.8 Å². The number of esters is 1. The van der Waals surface area contributed by atoms with E-state index in [1.165, 1.54) is 6.33 Å². The number of tetrazole rings is 1. The maximum atomic E-state index is 13.1. The lowest BCUT2D eigenvalue weighted by Crippen LogP contribution is -3.00. The fourth-order valence-electron chi connectivity index (χ4n) is 3.54. The molecular formula is C23H22BrN4O2P. The third kappa shape index (κ3) is 5.24. The van der Waals surface area contributed by atoms with Gasteiger partial charge in [0.1, 0.15) is 36.1 Å². The lowest BCUT2D eigenvalue weighted by Gasteiger charge is -2.26. The average Bonchev–Trinajstić information content (AvgIpc) is 3.33. The van der Waals surface area contributed by atoms with Crippen molar-refractivity contribution in [1.82, 2.24) is 20.2 Å². The van der Waals surface area contributed by atoms with Crippen molar-refractivity contribution in [3.8, 4) is 0 Å². The first-order chi connectivity index (χ1) is 14.8. The fourth-order valence-corrected chi connectivity index (χ4v) is 7.51. The Balaban J connectivity index is 0.00000272. The second-order valence-electron chi connectivity index (χ2n) is 6.77. The van der Waals surface area contributed by atoms with Gasteiger partial charge >= 0.3 is 5.97 Å². The summed E-state index contributed by atoms with van der Waals surface area (Å²) in [5.41, 5.74) is 0. The molecule has 0 saturated carbocycles. The van der Waals surface area contributed by atoms with Crippen molar-refractivity contribution in [2.75, 3.05) is 12.8 Å². The van der Waals surface area contributed by atoms with Crippen LogP contribution in [0.2, 0.25) is 0 Å². The highest BCUT2D eigenvalue weighted by Crippen LogP contribution is 2.55. The van der Waals surface area contributed by atoms with Crippen LogP contribution in [-0.4, -0.2) is 38.9 Å². The van der Waals surface area contributed by atoms with Gasteiger partial charge in [0.2, 0.25) is 0 Å². The molecule has 6 nitrogen and oxygen atoms in total. The van der Waals surface area contributed by atoms with Crippen LogP contribution in [0.3, 0.4) is 0 Å². The quantitative estimate of drug-likeness (QED) is 0.236. The van der Waals surface area contributed by atoms with E-state index in [0.717, 1.165) is 15.9 Å². The molecule has 4 aromatic rings. The van der Waals surface area contributed by atoms with Crippen molar-refractivity contribution in [2.24, 2.45) is 0 Å². The molecule has 0 spiro atoms. The Morgan fingerprint density at radius 1 is 0.806 bits per heavy atom. The molecule has 1 heterocycles. The summed E-state index contributed by atoms with van der Waals surface area (Å²) >= 11 is 0. The van der Waals surface area contributed by atoms with Crippen LogP contribution < -0.4 is 32.9 Å². The van der Waals surface area contributed by atoms with Crippen molar-refractivity contribution in [2.45, 2.75) is 6.54 Å². The minimum Gasteiger partial charge on any atom is -1.00 e. The Morgan fingerprint density at radius 3 is 1.71 bits per heavy atom. The van der Waals surface area contributed by atoms with Gasteiger partial charge in [-0.3, -0.25) is 0 Å². The van der Waals surface area contributed by atoms with Crippen molar-refractivity contribution >= 4 is 29.1 Å². The topological polar surface area (TPSA) is 69.9 Å². The lowest BCUT2D eigenvalue weighted by molar-refractivity contribution is -0.140. The molecule has 0 radical (unpaired) electrons. The zero-order valence-electron chi connectivity index (χ0n) is 16.8. The predicted octanol–water partition coefficient (Wildman–Crippen LogP) is -0.786. The van der Waals surface area contributed by atoms with E-state index in [-0.39, 0.29) is 29.6 Å². The molecule has 0 saturated heterocycles. The number of carbonyl (C=O) groups is 1. The van der Waals surface area contributed by atoms with Crippen LogP contribution in [-0.2, 0) is 16.1 Å². The first-order valence-electron chi connectivity index (χ1n) is 9.70. The molecule has 0 amide bonds. The van der Waals surface area contributed by atoms with Gasteiger partial charge < -0.3 is 21.7 Å². The van der Waals surface area contributed by atoms with Crippen molar-refractivity contribution in [3.63, 3.8) is 0 Å². The van der Waals surface area contributed by atoms with E-state index >= 15 is 0 Å².